The van der Waals surface area contributed by atoms with Gasteiger partial charge in [-0.15, -0.1) is 0 Å². The van der Waals surface area contributed by atoms with Crippen molar-refractivity contribution in [3.63, 3.8) is 0 Å². The van der Waals surface area contributed by atoms with Crippen LogP contribution in [0.2, 0.25) is 0 Å². The minimum Gasteiger partial charge on any atom is -0.318 e. The molecule has 0 unspecified atom stereocenters. The first-order chi connectivity index (χ1) is 5.16. The van der Waals surface area contributed by atoms with Crippen LogP contribution in [0.15, 0.2) is 0 Å². The summed E-state index contributed by atoms with van der Waals surface area (Å²) in [5.74, 6) is 0. The number of nitrogens with zero attached hydrogens (tertiary/aromatic N) is 1. The van der Waals surface area contributed by atoms with Gasteiger partial charge in [-0.25, -0.2) is 0 Å². The van der Waals surface area contributed by atoms with E-state index in [1.165, 1.54) is 19.4 Å². The highest BCUT2D eigenvalue weighted by atomic mass is 15.2. The third-order valence-electron chi connectivity index (χ3n) is 2.07. The molecule has 1 fully saturated rings. The van der Waals surface area contributed by atoms with Gasteiger partial charge in [0.05, 0.1) is 0 Å². The molecule has 0 atom stereocenters. The van der Waals surface area contributed by atoms with Crippen molar-refractivity contribution < 1.29 is 0 Å². The third-order valence-corrected chi connectivity index (χ3v) is 2.07. The van der Waals surface area contributed by atoms with Crippen LogP contribution in [0.1, 0.15) is 33.6 Å². The predicted molar refractivity (Wildman–Crippen MR) is 50.4 cm³/mol. The molecule has 0 bridgehead atoms. The average Bonchev–Trinajstić information content (AvgIpc) is 2.72. The largest absolute Gasteiger partial charge is 0.318 e. The van der Waals surface area contributed by atoms with E-state index in [0.29, 0.717) is 12.1 Å². The lowest BCUT2D eigenvalue weighted by atomic mass is 10.1. The molecule has 1 saturated carbocycles. The lowest BCUT2D eigenvalue weighted by Crippen LogP contribution is -2.30. The van der Waals surface area contributed by atoms with Gasteiger partial charge in [0, 0.05) is 13.2 Å². The fourth-order valence-electron chi connectivity index (χ4n) is 1.09. The van der Waals surface area contributed by atoms with Crippen LogP contribution in [-0.2, 0) is 0 Å². The molecule has 0 amide bonds. The Bertz CT molecular complexity index is 97.7. The van der Waals surface area contributed by atoms with E-state index in [4.69, 9.17) is 5.73 Å². The Kier molecular flexibility index (Phi) is 4.69. The minimum atomic E-state index is 0.619. The molecule has 0 saturated heterocycles. The molecule has 1 rings (SSSR count). The third kappa shape index (κ3) is 4.38. The van der Waals surface area contributed by atoms with Gasteiger partial charge < -0.3 is 5.73 Å². The van der Waals surface area contributed by atoms with Crippen molar-refractivity contribution in [2.24, 2.45) is 11.1 Å². The van der Waals surface area contributed by atoms with Crippen molar-refractivity contribution in [3.05, 3.63) is 0 Å². The van der Waals surface area contributed by atoms with Gasteiger partial charge in [-0.1, -0.05) is 20.8 Å². The summed E-state index contributed by atoms with van der Waals surface area (Å²) < 4.78 is 0. The zero-order chi connectivity index (χ0) is 8.91. The Morgan fingerprint density at radius 3 is 2.09 bits per heavy atom. The van der Waals surface area contributed by atoms with Gasteiger partial charge in [-0.05, 0) is 25.3 Å². The first kappa shape index (κ1) is 10.9. The van der Waals surface area contributed by atoms with Crippen LogP contribution in [0.5, 0.6) is 0 Å². The Labute approximate surface area is 70.8 Å². The highest BCUT2D eigenvalue weighted by molar-refractivity contribution is 4.90. The first-order valence-corrected chi connectivity index (χ1v) is 4.55. The molecule has 1 aliphatic carbocycles. The Morgan fingerprint density at radius 2 is 1.82 bits per heavy atom. The van der Waals surface area contributed by atoms with Crippen LogP contribution in [0, 0.1) is 5.41 Å². The van der Waals surface area contributed by atoms with E-state index < -0.39 is 0 Å². The lowest BCUT2D eigenvalue weighted by molar-refractivity contribution is 0.282. The Hall–Kier alpha value is -0.0800. The van der Waals surface area contributed by atoms with E-state index in [1.807, 2.05) is 13.8 Å². The normalized spacial score (nSPS) is 19.1. The fraction of sp³-hybridized carbons (Fsp3) is 1.00. The molecule has 0 aliphatic heterocycles. The second-order valence-electron chi connectivity index (χ2n) is 3.51. The predicted octanol–water partition coefficient (Wildman–Crippen LogP) is 1.66. The van der Waals surface area contributed by atoms with Crippen molar-refractivity contribution in [2.75, 3.05) is 20.3 Å². The van der Waals surface area contributed by atoms with E-state index >= 15 is 0 Å². The zero-order valence-electron chi connectivity index (χ0n) is 8.35. The van der Waals surface area contributed by atoms with Crippen molar-refractivity contribution in [3.8, 4) is 0 Å². The molecule has 2 heteroatoms. The average molecular weight is 158 g/mol. The maximum atomic E-state index is 5.43. The van der Waals surface area contributed by atoms with Crippen LogP contribution >= 0.6 is 0 Å². The summed E-state index contributed by atoms with van der Waals surface area (Å²) in [5.41, 5.74) is 6.05. The SMILES string of the molecule is CC.CN(CN)CC1(C)CC1. The van der Waals surface area contributed by atoms with Crippen molar-refractivity contribution in [1.29, 1.82) is 0 Å². The van der Waals surface area contributed by atoms with Crippen LogP contribution in [0.3, 0.4) is 0 Å². The van der Waals surface area contributed by atoms with Crippen LogP contribution in [0.25, 0.3) is 0 Å². The van der Waals surface area contributed by atoms with Gasteiger partial charge in [0.2, 0.25) is 0 Å². The second kappa shape index (κ2) is 4.73. The summed E-state index contributed by atoms with van der Waals surface area (Å²) >= 11 is 0. The van der Waals surface area contributed by atoms with E-state index in [9.17, 15) is 0 Å². The lowest BCUT2D eigenvalue weighted by Gasteiger charge is -2.17. The van der Waals surface area contributed by atoms with Gasteiger partial charge >= 0.3 is 0 Å². The van der Waals surface area contributed by atoms with Gasteiger partial charge in [0.25, 0.3) is 0 Å². The van der Waals surface area contributed by atoms with Gasteiger partial charge in [-0.3, -0.25) is 4.90 Å². The summed E-state index contributed by atoms with van der Waals surface area (Å²) in [7, 11) is 2.07. The van der Waals surface area contributed by atoms with Crippen LogP contribution < -0.4 is 5.73 Å². The molecule has 11 heavy (non-hydrogen) atoms. The van der Waals surface area contributed by atoms with E-state index in [1.54, 1.807) is 0 Å². The summed E-state index contributed by atoms with van der Waals surface area (Å²) in [6.45, 7) is 8.18. The number of hydrogen-bond acceptors (Lipinski definition) is 2. The Morgan fingerprint density at radius 1 is 1.36 bits per heavy atom. The van der Waals surface area contributed by atoms with Gasteiger partial charge in [-0.2, -0.15) is 0 Å². The number of hydrogen-bond donors (Lipinski definition) is 1. The zero-order valence-corrected chi connectivity index (χ0v) is 8.35. The highest BCUT2D eigenvalue weighted by Gasteiger charge is 2.37. The quantitative estimate of drug-likeness (QED) is 0.633. The number of rotatable bonds is 3. The maximum absolute atomic E-state index is 5.43. The molecular weight excluding hydrogens is 136 g/mol. The van der Waals surface area contributed by atoms with Crippen molar-refractivity contribution >= 4 is 0 Å². The molecule has 2 N–H and O–H groups in total. The molecule has 0 spiro atoms. The topological polar surface area (TPSA) is 29.3 Å². The van der Waals surface area contributed by atoms with E-state index in [-0.39, 0.29) is 0 Å². The smallest absolute Gasteiger partial charge is 0.0452 e. The standard InChI is InChI=1S/C7H16N2.C2H6/c1-7(3-4-7)5-9(2)6-8;1-2/h3-6,8H2,1-2H3;1-2H3. The van der Waals surface area contributed by atoms with Crippen LogP contribution in [0.4, 0.5) is 0 Å². The molecule has 0 radical (unpaired) electrons. The molecule has 0 heterocycles. The summed E-state index contributed by atoms with van der Waals surface area (Å²) in [6.07, 6.45) is 2.77. The minimum absolute atomic E-state index is 0.619. The van der Waals surface area contributed by atoms with E-state index in [2.05, 4.69) is 18.9 Å². The van der Waals surface area contributed by atoms with Crippen molar-refractivity contribution in [1.82, 2.24) is 4.90 Å². The fourth-order valence-corrected chi connectivity index (χ4v) is 1.09. The van der Waals surface area contributed by atoms with Crippen molar-refractivity contribution in [2.45, 2.75) is 33.6 Å². The summed E-state index contributed by atoms with van der Waals surface area (Å²) in [6, 6.07) is 0. The maximum Gasteiger partial charge on any atom is 0.0452 e. The molecule has 2 nitrogen and oxygen atoms in total. The Balaban J connectivity index is 0.000000461. The summed E-state index contributed by atoms with van der Waals surface area (Å²) in [5, 5.41) is 0. The molecule has 0 aromatic carbocycles. The van der Waals surface area contributed by atoms with E-state index in [0.717, 1.165) is 0 Å². The molecule has 0 aromatic heterocycles. The molecule has 68 valence electrons. The monoisotopic (exact) mass is 158 g/mol. The van der Waals surface area contributed by atoms with Crippen LogP contribution in [-0.4, -0.2) is 25.2 Å². The highest BCUT2D eigenvalue weighted by Crippen LogP contribution is 2.45. The number of nitrogens with two attached hydrogens (primary N) is 1. The summed E-state index contributed by atoms with van der Waals surface area (Å²) in [4.78, 5) is 2.17. The molecular formula is C9H22N2. The second-order valence-corrected chi connectivity index (χ2v) is 3.51. The molecule has 0 aromatic rings. The molecule has 1 aliphatic rings. The van der Waals surface area contributed by atoms with Gasteiger partial charge in [0.15, 0.2) is 0 Å². The first-order valence-electron chi connectivity index (χ1n) is 4.55. The van der Waals surface area contributed by atoms with Gasteiger partial charge in [0.1, 0.15) is 0 Å².